The Morgan fingerprint density at radius 2 is 1.86 bits per heavy atom. The first-order valence-electron chi connectivity index (χ1n) is 7.29. The van der Waals surface area contributed by atoms with Crippen molar-refractivity contribution in [1.82, 2.24) is 5.32 Å². The topological polar surface area (TPSA) is 21.3 Å². The molecule has 0 aliphatic carbocycles. The summed E-state index contributed by atoms with van der Waals surface area (Å²) in [5, 5.41) is 3.28. The van der Waals surface area contributed by atoms with Crippen LogP contribution in [0.15, 0.2) is 36.4 Å². The highest BCUT2D eigenvalue weighted by molar-refractivity contribution is 5.42. The maximum Gasteiger partial charge on any atom is 0.126 e. The van der Waals surface area contributed by atoms with E-state index in [9.17, 15) is 4.39 Å². The van der Waals surface area contributed by atoms with Gasteiger partial charge in [0, 0.05) is 18.0 Å². The highest BCUT2D eigenvalue weighted by atomic mass is 19.1. The van der Waals surface area contributed by atoms with Gasteiger partial charge in [0.15, 0.2) is 0 Å². The minimum Gasteiger partial charge on any atom is -0.485 e. The van der Waals surface area contributed by atoms with Gasteiger partial charge in [0.1, 0.15) is 17.7 Å². The first kappa shape index (κ1) is 14.1. The SMILES string of the molecule is CNC1CC(c2c(C)cccc2C)Oc2ccc(F)cc21. The molecule has 0 fully saturated rings. The molecule has 0 spiro atoms. The number of rotatable bonds is 2. The Labute approximate surface area is 125 Å². The molecule has 110 valence electrons. The second-order valence-corrected chi connectivity index (χ2v) is 5.67. The van der Waals surface area contributed by atoms with Crippen molar-refractivity contribution in [3.8, 4) is 5.75 Å². The molecule has 0 bridgehead atoms. The molecule has 1 heterocycles. The molecule has 21 heavy (non-hydrogen) atoms. The molecule has 2 nitrogen and oxygen atoms in total. The minimum atomic E-state index is -0.219. The lowest BCUT2D eigenvalue weighted by atomic mass is 9.89. The van der Waals surface area contributed by atoms with Gasteiger partial charge in [-0.3, -0.25) is 0 Å². The molecule has 0 saturated heterocycles. The summed E-state index contributed by atoms with van der Waals surface area (Å²) in [7, 11) is 1.91. The molecule has 0 amide bonds. The predicted molar refractivity (Wildman–Crippen MR) is 82.1 cm³/mol. The van der Waals surface area contributed by atoms with Crippen LogP contribution in [0.5, 0.6) is 5.75 Å². The van der Waals surface area contributed by atoms with Crippen LogP contribution in [0.2, 0.25) is 0 Å². The van der Waals surface area contributed by atoms with Crippen molar-refractivity contribution < 1.29 is 9.13 Å². The summed E-state index contributed by atoms with van der Waals surface area (Å²) in [6.45, 7) is 4.22. The average molecular weight is 285 g/mol. The molecule has 2 atom stereocenters. The zero-order valence-corrected chi connectivity index (χ0v) is 12.6. The minimum absolute atomic E-state index is 0.00149. The fraction of sp³-hybridized carbons (Fsp3) is 0.333. The lowest BCUT2D eigenvalue weighted by molar-refractivity contribution is 0.152. The molecule has 2 unspecified atom stereocenters. The van der Waals surface area contributed by atoms with Crippen molar-refractivity contribution in [2.24, 2.45) is 0 Å². The number of fused-ring (bicyclic) bond motifs is 1. The summed E-state index contributed by atoms with van der Waals surface area (Å²) < 4.78 is 19.6. The number of hydrogen-bond donors (Lipinski definition) is 1. The summed E-state index contributed by atoms with van der Waals surface area (Å²) in [4.78, 5) is 0. The second-order valence-electron chi connectivity index (χ2n) is 5.67. The molecule has 2 aromatic rings. The van der Waals surface area contributed by atoms with Crippen molar-refractivity contribution in [2.45, 2.75) is 32.4 Å². The average Bonchev–Trinajstić information content (AvgIpc) is 2.46. The second kappa shape index (κ2) is 5.49. The Bertz CT molecular complexity index is 648. The van der Waals surface area contributed by atoms with Crippen LogP contribution in [-0.4, -0.2) is 7.05 Å². The van der Waals surface area contributed by atoms with E-state index in [0.717, 1.165) is 17.7 Å². The third kappa shape index (κ3) is 2.54. The van der Waals surface area contributed by atoms with E-state index in [1.54, 1.807) is 12.1 Å². The van der Waals surface area contributed by atoms with Crippen LogP contribution in [0.3, 0.4) is 0 Å². The van der Waals surface area contributed by atoms with Crippen molar-refractivity contribution >= 4 is 0 Å². The lowest BCUT2D eigenvalue weighted by Gasteiger charge is -2.33. The van der Waals surface area contributed by atoms with Crippen LogP contribution in [0.4, 0.5) is 4.39 Å². The van der Waals surface area contributed by atoms with E-state index in [1.165, 1.54) is 22.8 Å². The van der Waals surface area contributed by atoms with Gasteiger partial charge in [-0.05, 0) is 55.8 Å². The number of aryl methyl sites for hydroxylation is 2. The third-order valence-corrected chi connectivity index (χ3v) is 4.28. The molecule has 0 aromatic heterocycles. The standard InChI is InChI=1S/C18H20FNO/c1-11-5-4-6-12(2)18(11)17-10-15(20-3)14-9-13(19)7-8-16(14)21-17/h4-9,15,17,20H,10H2,1-3H3. The first-order valence-corrected chi connectivity index (χ1v) is 7.29. The number of nitrogens with one attached hydrogen (secondary N) is 1. The van der Waals surface area contributed by atoms with Gasteiger partial charge < -0.3 is 10.1 Å². The zero-order valence-electron chi connectivity index (χ0n) is 12.6. The molecule has 0 radical (unpaired) electrons. The van der Waals surface area contributed by atoms with E-state index in [1.807, 2.05) is 7.05 Å². The van der Waals surface area contributed by atoms with Crippen LogP contribution in [0, 0.1) is 19.7 Å². The lowest BCUT2D eigenvalue weighted by Crippen LogP contribution is -2.27. The Hall–Kier alpha value is -1.87. The number of benzene rings is 2. The number of halogens is 1. The zero-order chi connectivity index (χ0) is 15.0. The van der Waals surface area contributed by atoms with Crippen LogP contribution < -0.4 is 10.1 Å². The van der Waals surface area contributed by atoms with Gasteiger partial charge in [-0.25, -0.2) is 4.39 Å². The van der Waals surface area contributed by atoms with E-state index >= 15 is 0 Å². The van der Waals surface area contributed by atoms with Crippen molar-refractivity contribution in [3.63, 3.8) is 0 Å². The van der Waals surface area contributed by atoms with Gasteiger partial charge >= 0.3 is 0 Å². The summed E-state index contributed by atoms with van der Waals surface area (Å²) in [5.41, 5.74) is 4.62. The molecule has 0 saturated carbocycles. The van der Waals surface area contributed by atoms with E-state index in [-0.39, 0.29) is 18.0 Å². The van der Waals surface area contributed by atoms with Crippen molar-refractivity contribution in [1.29, 1.82) is 0 Å². The molecule has 1 aliphatic rings. The Morgan fingerprint density at radius 1 is 1.14 bits per heavy atom. The molecule has 3 rings (SSSR count). The summed E-state index contributed by atoms with van der Waals surface area (Å²) in [6, 6.07) is 11.1. The van der Waals surface area contributed by atoms with Gasteiger partial charge in [0.05, 0.1) is 0 Å². The van der Waals surface area contributed by atoms with E-state index in [0.29, 0.717) is 0 Å². The highest BCUT2D eigenvalue weighted by Gasteiger charge is 2.30. The Balaban J connectivity index is 2.03. The summed E-state index contributed by atoms with van der Waals surface area (Å²) in [6.07, 6.45) is 0.806. The van der Waals surface area contributed by atoms with Gasteiger partial charge in [0.25, 0.3) is 0 Å². The maximum atomic E-state index is 13.5. The molecule has 3 heteroatoms. The molecule has 1 N–H and O–H groups in total. The maximum absolute atomic E-state index is 13.5. The fourth-order valence-electron chi connectivity index (χ4n) is 3.23. The summed E-state index contributed by atoms with van der Waals surface area (Å²) >= 11 is 0. The monoisotopic (exact) mass is 285 g/mol. The highest BCUT2D eigenvalue weighted by Crippen LogP contribution is 2.42. The van der Waals surface area contributed by atoms with Crippen LogP contribution in [0.1, 0.15) is 40.8 Å². The largest absolute Gasteiger partial charge is 0.485 e. The Morgan fingerprint density at radius 3 is 2.52 bits per heavy atom. The van der Waals surface area contributed by atoms with E-state index < -0.39 is 0 Å². The van der Waals surface area contributed by atoms with Crippen LogP contribution in [0.25, 0.3) is 0 Å². The van der Waals surface area contributed by atoms with E-state index in [4.69, 9.17) is 4.74 Å². The van der Waals surface area contributed by atoms with Crippen LogP contribution in [-0.2, 0) is 0 Å². The number of hydrogen-bond acceptors (Lipinski definition) is 2. The molecular weight excluding hydrogens is 265 g/mol. The fourth-order valence-corrected chi connectivity index (χ4v) is 3.23. The third-order valence-electron chi connectivity index (χ3n) is 4.28. The van der Waals surface area contributed by atoms with Crippen LogP contribution >= 0.6 is 0 Å². The molecule has 1 aliphatic heterocycles. The van der Waals surface area contributed by atoms with Gasteiger partial charge in [-0.1, -0.05) is 18.2 Å². The normalized spacial score (nSPS) is 20.8. The quantitative estimate of drug-likeness (QED) is 0.891. The van der Waals surface area contributed by atoms with Gasteiger partial charge in [-0.2, -0.15) is 0 Å². The van der Waals surface area contributed by atoms with Crippen molar-refractivity contribution in [3.05, 3.63) is 64.5 Å². The molecular formula is C18H20FNO. The predicted octanol–water partition coefficient (Wildman–Crippen LogP) is 4.23. The van der Waals surface area contributed by atoms with Crippen molar-refractivity contribution in [2.75, 3.05) is 7.05 Å². The van der Waals surface area contributed by atoms with E-state index in [2.05, 4.69) is 37.4 Å². The summed E-state index contributed by atoms with van der Waals surface area (Å²) in [5.74, 6) is 0.553. The first-order chi connectivity index (χ1) is 10.1. The smallest absolute Gasteiger partial charge is 0.126 e. The van der Waals surface area contributed by atoms with Gasteiger partial charge in [-0.15, -0.1) is 0 Å². The Kier molecular flexibility index (Phi) is 3.68. The van der Waals surface area contributed by atoms with Gasteiger partial charge in [0.2, 0.25) is 0 Å². The molecule has 2 aromatic carbocycles. The number of ether oxygens (including phenoxy) is 1.